The summed E-state index contributed by atoms with van der Waals surface area (Å²) < 4.78 is 1.96. The van der Waals surface area contributed by atoms with Gasteiger partial charge in [-0.05, 0) is 44.0 Å². The molecule has 21 heavy (non-hydrogen) atoms. The van der Waals surface area contributed by atoms with E-state index in [1.807, 2.05) is 35.0 Å². The Labute approximate surface area is 124 Å². The molecule has 0 spiro atoms. The van der Waals surface area contributed by atoms with Crippen LogP contribution >= 0.6 is 0 Å². The summed E-state index contributed by atoms with van der Waals surface area (Å²) in [4.78, 5) is 12.0. The Bertz CT molecular complexity index is 631. The smallest absolute Gasteiger partial charge is 0.251 e. The van der Waals surface area contributed by atoms with E-state index in [4.69, 9.17) is 0 Å². The molecule has 1 aromatic heterocycles. The highest BCUT2D eigenvalue weighted by Crippen LogP contribution is 2.20. The number of carbonyl (C=O) groups is 1. The largest absolute Gasteiger partial charge is 0.379 e. The van der Waals surface area contributed by atoms with E-state index in [-0.39, 0.29) is 5.91 Å². The highest BCUT2D eigenvalue weighted by molar-refractivity contribution is 5.95. The molecular weight excluding hydrogens is 264 g/mol. The molecule has 0 aliphatic heterocycles. The standard InChI is InChI=1S/C16H20N4O/c1-2-20-15(8-9-18-20)11-17-14-5-3-4-12(10-14)16(21)19-13-6-7-13/h3-5,8-10,13,17H,2,6-7,11H2,1H3,(H,19,21). The fourth-order valence-electron chi connectivity index (χ4n) is 2.25. The molecule has 2 aromatic rings. The zero-order valence-electron chi connectivity index (χ0n) is 12.2. The van der Waals surface area contributed by atoms with E-state index >= 15 is 0 Å². The summed E-state index contributed by atoms with van der Waals surface area (Å²) in [5.74, 6) is 0.0137. The number of nitrogens with zero attached hydrogens (tertiary/aromatic N) is 2. The monoisotopic (exact) mass is 284 g/mol. The van der Waals surface area contributed by atoms with Crippen LogP contribution in [-0.2, 0) is 13.1 Å². The third-order valence-electron chi connectivity index (χ3n) is 3.62. The zero-order valence-corrected chi connectivity index (χ0v) is 12.2. The van der Waals surface area contributed by atoms with Gasteiger partial charge in [0.05, 0.1) is 12.2 Å². The number of rotatable bonds is 6. The van der Waals surface area contributed by atoms with Gasteiger partial charge in [0.15, 0.2) is 0 Å². The van der Waals surface area contributed by atoms with E-state index in [2.05, 4.69) is 22.7 Å². The molecule has 0 bridgehead atoms. The number of nitrogens with one attached hydrogen (secondary N) is 2. The molecular formula is C16H20N4O. The van der Waals surface area contributed by atoms with Gasteiger partial charge in [0, 0.05) is 30.0 Å². The van der Waals surface area contributed by atoms with Crippen molar-refractivity contribution in [2.24, 2.45) is 0 Å². The summed E-state index contributed by atoms with van der Waals surface area (Å²) in [6.07, 6.45) is 4.01. The highest BCUT2D eigenvalue weighted by Gasteiger charge is 2.23. The van der Waals surface area contributed by atoms with Gasteiger partial charge in [-0.2, -0.15) is 5.10 Å². The molecule has 1 fully saturated rings. The van der Waals surface area contributed by atoms with E-state index < -0.39 is 0 Å². The number of carbonyl (C=O) groups excluding carboxylic acids is 1. The van der Waals surface area contributed by atoms with Crippen LogP contribution in [0.3, 0.4) is 0 Å². The molecule has 0 unspecified atom stereocenters. The molecule has 0 saturated heterocycles. The maximum absolute atomic E-state index is 12.0. The van der Waals surface area contributed by atoms with Crippen molar-refractivity contribution >= 4 is 11.6 Å². The molecule has 1 amide bonds. The molecule has 110 valence electrons. The lowest BCUT2D eigenvalue weighted by atomic mass is 10.2. The first-order valence-electron chi connectivity index (χ1n) is 7.41. The summed E-state index contributed by atoms with van der Waals surface area (Å²) in [6.45, 7) is 3.62. The van der Waals surface area contributed by atoms with Gasteiger partial charge >= 0.3 is 0 Å². The van der Waals surface area contributed by atoms with Crippen molar-refractivity contribution in [1.82, 2.24) is 15.1 Å². The highest BCUT2D eigenvalue weighted by atomic mass is 16.1. The van der Waals surface area contributed by atoms with Gasteiger partial charge in [-0.3, -0.25) is 9.48 Å². The Morgan fingerprint density at radius 3 is 3.00 bits per heavy atom. The van der Waals surface area contributed by atoms with Crippen molar-refractivity contribution in [3.05, 3.63) is 47.8 Å². The van der Waals surface area contributed by atoms with Crippen LogP contribution in [-0.4, -0.2) is 21.7 Å². The van der Waals surface area contributed by atoms with E-state index in [1.54, 1.807) is 6.20 Å². The second-order valence-electron chi connectivity index (χ2n) is 5.32. The molecule has 0 atom stereocenters. The van der Waals surface area contributed by atoms with Crippen LogP contribution in [0.2, 0.25) is 0 Å². The second-order valence-corrected chi connectivity index (χ2v) is 5.32. The summed E-state index contributed by atoms with van der Waals surface area (Å²) in [7, 11) is 0. The number of hydrogen-bond donors (Lipinski definition) is 2. The third-order valence-corrected chi connectivity index (χ3v) is 3.62. The lowest BCUT2D eigenvalue weighted by Crippen LogP contribution is -2.25. The average molecular weight is 284 g/mol. The van der Waals surface area contributed by atoms with Gasteiger partial charge in [0.25, 0.3) is 5.91 Å². The second kappa shape index (κ2) is 5.99. The van der Waals surface area contributed by atoms with Crippen molar-refractivity contribution in [2.75, 3.05) is 5.32 Å². The average Bonchev–Trinajstić information content (AvgIpc) is 3.20. The Morgan fingerprint density at radius 2 is 2.24 bits per heavy atom. The van der Waals surface area contributed by atoms with Gasteiger partial charge < -0.3 is 10.6 Å². The quantitative estimate of drug-likeness (QED) is 0.856. The van der Waals surface area contributed by atoms with E-state index in [0.29, 0.717) is 18.2 Å². The first-order valence-corrected chi connectivity index (χ1v) is 7.41. The molecule has 0 radical (unpaired) electrons. The van der Waals surface area contributed by atoms with Gasteiger partial charge in [0.1, 0.15) is 0 Å². The van der Waals surface area contributed by atoms with Gasteiger partial charge in [-0.25, -0.2) is 0 Å². The molecule has 3 rings (SSSR count). The zero-order chi connectivity index (χ0) is 14.7. The fraction of sp³-hybridized carbons (Fsp3) is 0.375. The topological polar surface area (TPSA) is 59.0 Å². The Kier molecular flexibility index (Phi) is 3.90. The SMILES string of the molecule is CCn1nccc1CNc1cccc(C(=O)NC2CC2)c1. The van der Waals surface area contributed by atoms with Crippen molar-refractivity contribution in [3.63, 3.8) is 0 Å². The summed E-state index contributed by atoms with van der Waals surface area (Å²) in [6, 6.07) is 10.00. The molecule has 1 aliphatic rings. The fourth-order valence-corrected chi connectivity index (χ4v) is 2.25. The van der Waals surface area contributed by atoms with Crippen LogP contribution < -0.4 is 10.6 Å². The molecule has 1 saturated carbocycles. The van der Waals surface area contributed by atoms with Crippen LogP contribution in [0.4, 0.5) is 5.69 Å². The minimum Gasteiger partial charge on any atom is -0.379 e. The number of hydrogen-bond acceptors (Lipinski definition) is 3. The number of aromatic nitrogens is 2. The van der Waals surface area contributed by atoms with Crippen LogP contribution in [0.1, 0.15) is 35.8 Å². The lowest BCUT2D eigenvalue weighted by molar-refractivity contribution is 0.0951. The van der Waals surface area contributed by atoms with Crippen LogP contribution in [0.15, 0.2) is 36.5 Å². The molecule has 5 heteroatoms. The Hall–Kier alpha value is -2.30. The minimum atomic E-state index is 0.0137. The van der Waals surface area contributed by atoms with Gasteiger partial charge in [0.2, 0.25) is 0 Å². The van der Waals surface area contributed by atoms with Crippen molar-refractivity contribution in [1.29, 1.82) is 0 Å². The normalized spacial score (nSPS) is 14.0. The maximum Gasteiger partial charge on any atom is 0.251 e. The number of amides is 1. The van der Waals surface area contributed by atoms with Crippen molar-refractivity contribution in [3.8, 4) is 0 Å². The number of aryl methyl sites for hydroxylation is 1. The Morgan fingerprint density at radius 1 is 1.38 bits per heavy atom. The van der Waals surface area contributed by atoms with Gasteiger partial charge in [-0.1, -0.05) is 6.07 Å². The maximum atomic E-state index is 12.0. The molecule has 1 aliphatic carbocycles. The lowest BCUT2D eigenvalue weighted by Gasteiger charge is -2.10. The summed E-state index contributed by atoms with van der Waals surface area (Å²) in [5, 5.41) is 10.6. The molecule has 1 heterocycles. The molecule has 2 N–H and O–H groups in total. The van der Waals surface area contributed by atoms with Crippen LogP contribution in [0, 0.1) is 0 Å². The summed E-state index contributed by atoms with van der Waals surface area (Å²) >= 11 is 0. The van der Waals surface area contributed by atoms with Gasteiger partial charge in [-0.15, -0.1) is 0 Å². The first-order chi connectivity index (χ1) is 10.3. The van der Waals surface area contributed by atoms with E-state index in [9.17, 15) is 4.79 Å². The van der Waals surface area contributed by atoms with Crippen LogP contribution in [0.25, 0.3) is 0 Å². The van der Waals surface area contributed by atoms with E-state index in [0.717, 1.165) is 30.8 Å². The molecule has 5 nitrogen and oxygen atoms in total. The van der Waals surface area contributed by atoms with Crippen LogP contribution in [0.5, 0.6) is 0 Å². The third kappa shape index (κ3) is 3.42. The van der Waals surface area contributed by atoms with E-state index in [1.165, 1.54) is 0 Å². The predicted octanol–water partition coefficient (Wildman–Crippen LogP) is 2.41. The molecule has 1 aromatic carbocycles. The first kappa shape index (κ1) is 13.7. The number of benzene rings is 1. The minimum absolute atomic E-state index is 0.0137. The number of anilines is 1. The summed E-state index contributed by atoms with van der Waals surface area (Å²) in [5.41, 5.74) is 2.78. The van der Waals surface area contributed by atoms with Crippen molar-refractivity contribution < 1.29 is 4.79 Å². The van der Waals surface area contributed by atoms with Crippen molar-refractivity contribution in [2.45, 2.75) is 38.9 Å². The predicted molar refractivity (Wildman–Crippen MR) is 82.2 cm³/mol. The Balaban J connectivity index is 1.64.